The van der Waals surface area contributed by atoms with Crippen LogP contribution in [0.1, 0.15) is 11.1 Å². The molecule has 2 nitrogen and oxygen atoms in total. The van der Waals surface area contributed by atoms with E-state index in [1.165, 1.54) is 18.2 Å². The fourth-order valence-electron chi connectivity index (χ4n) is 2.38. The van der Waals surface area contributed by atoms with Gasteiger partial charge < -0.3 is 4.74 Å². The van der Waals surface area contributed by atoms with Gasteiger partial charge in [0, 0.05) is 11.6 Å². The lowest BCUT2D eigenvalue weighted by atomic mass is 10.1. The molecule has 0 aliphatic heterocycles. The fraction of sp³-hybridized carbons (Fsp3) is 0.0500. The van der Waals surface area contributed by atoms with E-state index in [0.717, 1.165) is 16.3 Å². The highest BCUT2D eigenvalue weighted by molar-refractivity contribution is 5.88. The molecule has 3 aromatic carbocycles. The maximum atomic E-state index is 13.5. The van der Waals surface area contributed by atoms with Crippen molar-refractivity contribution in [1.29, 1.82) is 0 Å². The number of ether oxygens (including phenoxy) is 1. The Morgan fingerprint density at radius 3 is 2.57 bits per heavy atom. The molecule has 23 heavy (non-hydrogen) atoms. The van der Waals surface area contributed by atoms with Crippen LogP contribution in [0.4, 0.5) is 4.39 Å². The number of benzene rings is 3. The topological polar surface area (TPSA) is 26.3 Å². The van der Waals surface area contributed by atoms with Crippen LogP contribution in [-0.2, 0) is 16.1 Å². The molecule has 0 atom stereocenters. The maximum absolute atomic E-state index is 13.5. The van der Waals surface area contributed by atoms with Crippen LogP contribution in [0.15, 0.2) is 72.8 Å². The fourth-order valence-corrected chi connectivity index (χ4v) is 2.38. The SMILES string of the molecule is O=C(/C=C/c1ccccc1F)OCc1cccc2ccccc12. The molecule has 0 unspecified atom stereocenters. The lowest BCUT2D eigenvalue weighted by Crippen LogP contribution is -2.01. The standard InChI is InChI=1S/C20H15FO2/c21-19-11-4-2-7-16(19)12-13-20(22)23-14-17-9-5-8-15-6-1-3-10-18(15)17/h1-13H,14H2/b13-12+. The van der Waals surface area contributed by atoms with Crippen LogP contribution in [0.3, 0.4) is 0 Å². The molecule has 3 aromatic rings. The summed E-state index contributed by atoms with van der Waals surface area (Å²) >= 11 is 0. The normalized spacial score (nSPS) is 11.0. The molecule has 0 aromatic heterocycles. The summed E-state index contributed by atoms with van der Waals surface area (Å²) < 4.78 is 18.7. The second kappa shape index (κ2) is 6.88. The molecular weight excluding hydrogens is 291 g/mol. The highest BCUT2D eigenvalue weighted by Crippen LogP contribution is 2.19. The average Bonchev–Trinajstić information content (AvgIpc) is 2.59. The van der Waals surface area contributed by atoms with Gasteiger partial charge in [-0.2, -0.15) is 0 Å². The van der Waals surface area contributed by atoms with Gasteiger partial charge in [-0.25, -0.2) is 9.18 Å². The zero-order valence-electron chi connectivity index (χ0n) is 12.4. The molecule has 0 radical (unpaired) electrons. The number of hydrogen-bond donors (Lipinski definition) is 0. The minimum absolute atomic E-state index is 0.182. The van der Waals surface area contributed by atoms with Crippen LogP contribution in [-0.4, -0.2) is 5.97 Å². The maximum Gasteiger partial charge on any atom is 0.331 e. The third-order valence-corrected chi connectivity index (χ3v) is 3.55. The van der Waals surface area contributed by atoms with Gasteiger partial charge in [0.05, 0.1) is 0 Å². The van der Waals surface area contributed by atoms with Crippen LogP contribution >= 0.6 is 0 Å². The van der Waals surface area contributed by atoms with Gasteiger partial charge in [-0.05, 0) is 28.5 Å². The highest BCUT2D eigenvalue weighted by atomic mass is 19.1. The van der Waals surface area contributed by atoms with Gasteiger partial charge >= 0.3 is 5.97 Å². The molecule has 0 saturated heterocycles. The Morgan fingerprint density at radius 2 is 1.70 bits per heavy atom. The molecular formula is C20H15FO2. The summed E-state index contributed by atoms with van der Waals surface area (Å²) in [6.45, 7) is 0.182. The van der Waals surface area contributed by atoms with Crippen molar-refractivity contribution in [2.24, 2.45) is 0 Å². The van der Waals surface area contributed by atoms with Crippen molar-refractivity contribution in [2.45, 2.75) is 6.61 Å². The van der Waals surface area contributed by atoms with E-state index in [0.29, 0.717) is 5.56 Å². The average molecular weight is 306 g/mol. The number of carbonyl (C=O) groups is 1. The molecule has 0 spiro atoms. The first-order chi connectivity index (χ1) is 11.2. The quantitative estimate of drug-likeness (QED) is 0.514. The van der Waals surface area contributed by atoms with Crippen molar-refractivity contribution in [3.8, 4) is 0 Å². The number of halogens is 1. The second-order valence-electron chi connectivity index (χ2n) is 5.10. The third-order valence-electron chi connectivity index (χ3n) is 3.55. The Kier molecular flexibility index (Phi) is 4.48. The Morgan fingerprint density at radius 1 is 0.957 bits per heavy atom. The molecule has 0 heterocycles. The molecule has 0 fully saturated rings. The largest absolute Gasteiger partial charge is 0.458 e. The monoisotopic (exact) mass is 306 g/mol. The number of fused-ring (bicyclic) bond motifs is 1. The van der Waals surface area contributed by atoms with E-state index in [2.05, 4.69) is 0 Å². The first-order valence-electron chi connectivity index (χ1n) is 7.30. The van der Waals surface area contributed by atoms with Crippen LogP contribution in [0, 0.1) is 5.82 Å². The number of esters is 1. The van der Waals surface area contributed by atoms with Crippen LogP contribution in [0.25, 0.3) is 16.8 Å². The summed E-state index contributed by atoms with van der Waals surface area (Å²) in [5.74, 6) is -0.869. The first kappa shape index (κ1) is 15.0. The molecule has 0 saturated carbocycles. The number of rotatable bonds is 4. The Bertz CT molecular complexity index is 863. The van der Waals surface area contributed by atoms with Crippen LogP contribution in [0.2, 0.25) is 0 Å². The van der Waals surface area contributed by atoms with Crippen molar-refractivity contribution in [3.63, 3.8) is 0 Å². The predicted molar refractivity (Wildman–Crippen MR) is 89.2 cm³/mol. The van der Waals surface area contributed by atoms with E-state index in [4.69, 9.17) is 4.74 Å². The van der Waals surface area contributed by atoms with Gasteiger partial charge in [0.1, 0.15) is 12.4 Å². The Hall–Kier alpha value is -2.94. The zero-order valence-corrected chi connectivity index (χ0v) is 12.4. The summed E-state index contributed by atoms with van der Waals surface area (Å²) in [4.78, 5) is 11.8. The lowest BCUT2D eigenvalue weighted by molar-refractivity contribution is -0.138. The van der Waals surface area contributed by atoms with Gasteiger partial charge in [-0.15, -0.1) is 0 Å². The van der Waals surface area contributed by atoms with Crippen molar-refractivity contribution in [3.05, 3.63) is 89.8 Å². The minimum Gasteiger partial charge on any atom is -0.458 e. The van der Waals surface area contributed by atoms with Crippen molar-refractivity contribution >= 4 is 22.8 Å². The number of carbonyl (C=O) groups excluding carboxylic acids is 1. The predicted octanol–water partition coefficient (Wildman–Crippen LogP) is 4.74. The van der Waals surface area contributed by atoms with Crippen molar-refractivity contribution in [2.75, 3.05) is 0 Å². The van der Waals surface area contributed by atoms with E-state index in [9.17, 15) is 9.18 Å². The molecule has 114 valence electrons. The van der Waals surface area contributed by atoms with Gasteiger partial charge in [-0.3, -0.25) is 0 Å². The van der Waals surface area contributed by atoms with Crippen molar-refractivity contribution < 1.29 is 13.9 Å². The molecule has 3 rings (SSSR count). The summed E-state index contributed by atoms with van der Waals surface area (Å²) in [6.07, 6.45) is 2.66. The molecule has 3 heteroatoms. The summed E-state index contributed by atoms with van der Waals surface area (Å²) in [6, 6.07) is 20.1. The summed E-state index contributed by atoms with van der Waals surface area (Å²) in [5.41, 5.74) is 1.30. The van der Waals surface area contributed by atoms with E-state index >= 15 is 0 Å². The molecule has 0 bridgehead atoms. The second-order valence-corrected chi connectivity index (χ2v) is 5.10. The minimum atomic E-state index is -0.499. The van der Waals surface area contributed by atoms with Gasteiger partial charge in [0.15, 0.2) is 0 Å². The zero-order chi connectivity index (χ0) is 16.1. The van der Waals surface area contributed by atoms with E-state index in [1.807, 2.05) is 42.5 Å². The molecule has 0 aliphatic carbocycles. The lowest BCUT2D eigenvalue weighted by Gasteiger charge is -2.06. The molecule has 0 aliphatic rings. The van der Waals surface area contributed by atoms with E-state index in [-0.39, 0.29) is 12.4 Å². The Balaban J connectivity index is 1.68. The van der Waals surface area contributed by atoms with Gasteiger partial charge in [0.2, 0.25) is 0 Å². The smallest absolute Gasteiger partial charge is 0.331 e. The van der Waals surface area contributed by atoms with Crippen LogP contribution < -0.4 is 0 Å². The van der Waals surface area contributed by atoms with Crippen molar-refractivity contribution in [1.82, 2.24) is 0 Å². The summed E-state index contributed by atoms with van der Waals surface area (Å²) in [5, 5.41) is 2.16. The molecule has 0 N–H and O–H groups in total. The molecule has 0 amide bonds. The third kappa shape index (κ3) is 3.64. The van der Waals surface area contributed by atoms with Gasteiger partial charge in [0.25, 0.3) is 0 Å². The highest BCUT2D eigenvalue weighted by Gasteiger charge is 2.04. The van der Waals surface area contributed by atoms with Crippen LogP contribution in [0.5, 0.6) is 0 Å². The first-order valence-corrected chi connectivity index (χ1v) is 7.30. The number of hydrogen-bond acceptors (Lipinski definition) is 2. The summed E-state index contributed by atoms with van der Waals surface area (Å²) in [7, 11) is 0. The van der Waals surface area contributed by atoms with E-state index in [1.54, 1.807) is 18.2 Å². The Labute approximate surface area is 133 Å². The van der Waals surface area contributed by atoms with Gasteiger partial charge in [-0.1, -0.05) is 60.7 Å². The van der Waals surface area contributed by atoms with E-state index < -0.39 is 5.97 Å².